The maximum Gasteiger partial charge on any atom is 0.238 e. The molecule has 0 unspecified atom stereocenters. The fourth-order valence-corrected chi connectivity index (χ4v) is 2.54. The maximum absolute atomic E-state index is 11.3. The number of nitrogens with zero attached hydrogens (tertiary/aromatic N) is 3. The van der Waals surface area contributed by atoms with Gasteiger partial charge in [0.25, 0.3) is 0 Å². The molecule has 1 aromatic heterocycles. The van der Waals surface area contributed by atoms with Crippen LogP contribution in [0, 0.1) is 11.3 Å². The summed E-state index contributed by atoms with van der Waals surface area (Å²) in [6, 6.07) is 10.7. The molecule has 0 radical (unpaired) electrons. The molecule has 24 heavy (non-hydrogen) atoms. The molecule has 0 aliphatic rings. The van der Waals surface area contributed by atoms with Crippen molar-refractivity contribution in [3.63, 3.8) is 0 Å². The second kappa shape index (κ2) is 8.74. The van der Waals surface area contributed by atoms with Crippen LogP contribution in [0.1, 0.15) is 12.2 Å². The molecule has 1 aromatic carbocycles. The molecule has 0 saturated heterocycles. The van der Waals surface area contributed by atoms with Gasteiger partial charge in [0.1, 0.15) is 12.2 Å². The lowest BCUT2D eigenvalue weighted by molar-refractivity contribution is -0.115. The predicted octanol–water partition coefficient (Wildman–Crippen LogP) is 2.64. The van der Waals surface area contributed by atoms with E-state index in [2.05, 4.69) is 15.3 Å². The van der Waals surface area contributed by atoms with Crippen molar-refractivity contribution in [3.05, 3.63) is 36.2 Å². The Hall–Kier alpha value is -2.79. The number of carbonyl (C=O) groups is 1. The third-order valence-corrected chi connectivity index (χ3v) is 3.90. The molecule has 0 fully saturated rings. The molecule has 0 atom stereocenters. The van der Waals surface area contributed by atoms with E-state index in [4.69, 9.17) is 14.7 Å². The lowest BCUT2D eigenvalue weighted by Gasteiger charge is -2.07. The van der Waals surface area contributed by atoms with E-state index in [1.807, 2.05) is 12.1 Å². The molecule has 0 saturated carbocycles. The second-order valence-electron chi connectivity index (χ2n) is 4.57. The van der Waals surface area contributed by atoms with E-state index >= 15 is 0 Å². The SMILES string of the molecule is COc1cc(OC)nc(CSc2ccc(NC(=O)CC#N)cc2)n1. The zero-order valence-corrected chi connectivity index (χ0v) is 14.1. The number of nitriles is 1. The van der Waals surface area contributed by atoms with E-state index in [1.165, 1.54) is 14.2 Å². The zero-order valence-electron chi connectivity index (χ0n) is 13.3. The minimum atomic E-state index is -0.324. The van der Waals surface area contributed by atoms with Gasteiger partial charge in [0, 0.05) is 10.6 Å². The number of hydrogen-bond acceptors (Lipinski definition) is 7. The minimum Gasteiger partial charge on any atom is -0.481 e. The highest BCUT2D eigenvalue weighted by Gasteiger charge is 2.07. The van der Waals surface area contributed by atoms with Crippen LogP contribution in [0.2, 0.25) is 0 Å². The molecule has 124 valence electrons. The van der Waals surface area contributed by atoms with Gasteiger partial charge in [-0.25, -0.2) is 0 Å². The molecule has 0 bridgehead atoms. The Bertz CT molecular complexity index is 722. The highest BCUT2D eigenvalue weighted by Crippen LogP contribution is 2.25. The summed E-state index contributed by atoms with van der Waals surface area (Å²) in [5.41, 5.74) is 0.652. The van der Waals surface area contributed by atoms with E-state index in [0.717, 1.165) is 4.90 Å². The van der Waals surface area contributed by atoms with Crippen LogP contribution >= 0.6 is 11.8 Å². The van der Waals surface area contributed by atoms with Crippen LogP contribution in [0.5, 0.6) is 11.8 Å². The van der Waals surface area contributed by atoms with Crippen LogP contribution in [-0.4, -0.2) is 30.1 Å². The number of carbonyl (C=O) groups excluding carboxylic acids is 1. The quantitative estimate of drug-likeness (QED) is 0.771. The Balaban J connectivity index is 1.97. The van der Waals surface area contributed by atoms with E-state index in [-0.39, 0.29) is 12.3 Å². The Kier molecular flexibility index (Phi) is 6.40. The topological polar surface area (TPSA) is 97.1 Å². The summed E-state index contributed by atoms with van der Waals surface area (Å²) in [5, 5.41) is 11.1. The van der Waals surface area contributed by atoms with Crippen LogP contribution in [0.3, 0.4) is 0 Å². The fourth-order valence-electron chi connectivity index (χ4n) is 1.78. The summed E-state index contributed by atoms with van der Waals surface area (Å²) in [4.78, 5) is 20.9. The fraction of sp³-hybridized carbons (Fsp3) is 0.250. The average molecular weight is 344 g/mol. The van der Waals surface area contributed by atoms with E-state index in [9.17, 15) is 4.79 Å². The van der Waals surface area contributed by atoms with Gasteiger partial charge in [-0.2, -0.15) is 15.2 Å². The van der Waals surface area contributed by atoms with E-state index in [1.54, 1.807) is 36.0 Å². The Labute approximate surface area is 144 Å². The van der Waals surface area contributed by atoms with Crippen molar-refractivity contribution in [1.29, 1.82) is 5.26 Å². The summed E-state index contributed by atoms with van der Waals surface area (Å²) < 4.78 is 10.2. The first-order valence-electron chi connectivity index (χ1n) is 7.00. The first-order valence-corrected chi connectivity index (χ1v) is 7.98. The number of hydrogen-bond donors (Lipinski definition) is 1. The highest BCUT2D eigenvalue weighted by molar-refractivity contribution is 7.98. The number of amides is 1. The van der Waals surface area contributed by atoms with E-state index < -0.39 is 0 Å². The minimum absolute atomic E-state index is 0.161. The molecule has 8 heteroatoms. The molecule has 0 aliphatic carbocycles. The number of benzene rings is 1. The predicted molar refractivity (Wildman–Crippen MR) is 90.0 cm³/mol. The lowest BCUT2D eigenvalue weighted by Crippen LogP contribution is -2.09. The molecule has 1 amide bonds. The molecule has 1 N–H and O–H groups in total. The standard InChI is InChI=1S/C16H16N4O3S/c1-22-15-9-16(23-2)20-13(19-15)10-24-12-5-3-11(4-6-12)18-14(21)7-8-17/h3-6,9H,7,10H2,1-2H3,(H,18,21). The lowest BCUT2D eigenvalue weighted by atomic mass is 10.3. The third-order valence-electron chi connectivity index (χ3n) is 2.89. The van der Waals surface area contributed by atoms with E-state index in [0.29, 0.717) is 29.0 Å². The van der Waals surface area contributed by atoms with Crippen LogP contribution in [0.25, 0.3) is 0 Å². The number of ether oxygens (including phenoxy) is 2. The monoisotopic (exact) mass is 344 g/mol. The van der Waals surface area contributed by atoms with Gasteiger partial charge in [-0.15, -0.1) is 11.8 Å². The van der Waals surface area contributed by atoms with Crippen molar-refractivity contribution < 1.29 is 14.3 Å². The number of thioether (sulfide) groups is 1. The van der Waals surface area contributed by atoms with Gasteiger partial charge in [0.05, 0.1) is 32.1 Å². The normalized spacial score (nSPS) is 9.88. The number of aromatic nitrogens is 2. The van der Waals surface area contributed by atoms with Gasteiger partial charge in [-0.1, -0.05) is 0 Å². The summed E-state index contributed by atoms with van der Waals surface area (Å²) >= 11 is 1.55. The first kappa shape index (κ1) is 17.6. The number of methoxy groups -OCH3 is 2. The van der Waals surface area contributed by atoms with Gasteiger partial charge in [-0.05, 0) is 24.3 Å². The molecule has 1 heterocycles. The second-order valence-corrected chi connectivity index (χ2v) is 5.61. The summed E-state index contributed by atoms with van der Waals surface area (Å²) in [5.74, 6) is 1.73. The smallest absolute Gasteiger partial charge is 0.238 e. The van der Waals surface area contributed by atoms with Gasteiger partial charge >= 0.3 is 0 Å². The number of nitrogens with one attached hydrogen (secondary N) is 1. The molecular formula is C16H16N4O3S. The highest BCUT2D eigenvalue weighted by atomic mass is 32.2. The third kappa shape index (κ3) is 5.14. The Morgan fingerprint density at radius 2 is 1.83 bits per heavy atom. The maximum atomic E-state index is 11.3. The number of anilines is 1. The molecule has 0 spiro atoms. The Morgan fingerprint density at radius 3 is 2.38 bits per heavy atom. The summed E-state index contributed by atoms with van der Waals surface area (Å²) in [7, 11) is 3.08. The average Bonchev–Trinajstić information content (AvgIpc) is 2.61. The molecule has 2 rings (SSSR count). The van der Waals surface area contributed by atoms with Gasteiger partial charge < -0.3 is 14.8 Å². The molecule has 2 aromatic rings. The molecular weight excluding hydrogens is 328 g/mol. The van der Waals surface area contributed by atoms with Gasteiger partial charge in [0.2, 0.25) is 17.7 Å². The largest absolute Gasteiger partial charge is 0.481 e. The summed E-state index contributed by atoms with van der Waals surface area (Å²) in [6.45, 7) is 0. The first-order chi connectivity index (χ1) is 11.6. The Morgan fingerprint density at radius 1 is 1.21 bits per heavy atom. The van der Waals surface area contributed by atoms with Gasteiger partial charge in [-0.3, -0.25) is 4.79 Å². The van der Waals surface area contributed by atoms with Crippen LogP contribution in [0.4, 0.5) is 5.69 Å². The molecule has 0 aliphatic heterocycles. The van der Waals surface area contributed by atoms with Crippen molar-refractivity contribution in [3.8, 4) is 17.8 Å². The summed E-state index contributed by atoms with van der Waals surface area (Å²) in [6.07, 6.45) is -0.161. The van der Waals surface area contributed by atoms with Crippen LogP contribution < -0.4 is 14.8 Å². The van der Waals surface area contributed by atoms with Crippen LogP contribution in [-0.2, 0) is 10.5 Å². The van der Waals surface area contributed by atoms with Crippen molar-refractivity contribution >= 4 is 23.4 Å². The van der Waals surface area contributed by atoms with Crippen molar-refractivity contribution in [1.82, 2.24) is 9.97 Å². The van der Waals surface area contributed by atoms with Crippen molar-refractivity contribution in [2.75, 3.05) is 19.5 Å². The number of rotatable bonds is 7. The molecule has 7 nitrogen and oxygen atoms in total. The van der Waals surface area contributed by atoms with Crippen molar-refractivity contribution in [2.24, 2.45) is 0 Å². The zero-order chi connectivity index (χ0) is 17.4. The van der Waals surface area contributed by atoms with Gasteiger partial charge in [0.15, 0.2) is 0 Å². The van der Waals surface area contributed by atoms with Crippen molar-refractivity contribution in [2.45, 2.75) is 17.1 Å². The van der Waals surface area contributed by atoms with Crippen LogP contribution in [0.15, 0.2) is 35.2 Å².